The molecule has 0 atom stereocenters. The lowest BCUT2D eigenvalue weighted by Gasteiger charge is -2.09. The van der Waals surface area contributed by atoms with Crippen molar-refractivity contribution in [3.63, 3.8) is 0 Å². The Morgan fingerprint density at radius 2 is 0.531 bits per heavy atom. The Bertz CT molecular complexity index is 5320. The molecule has 5 aromatic carbocycles. The summed E-state index contributed by atoms with van der Waals surface area (Å²) in [5.74, 6) is -37.8. The van der Waals surface area contributed by atoms with Gasteiger partial charge in [-0.3, -0.25) is 0 Å². The quantitative estimate of drug-likeness (QED) is 0.0521. The zero-order valence-corrected chi connectivity index (χ0v) is 45.9. The van der Waals surface area contributed by atoms with E-state index in [1.807, 2.05) is 0 Å². The maximum absolute atomic E-state index is 15.0. The van der Waals surface area contributed by atoms with Crippen molar-refractivity contribution >= 4 is 66.8 Å². The second-order valence-electron chi connectivity index (χ2n) is 17.6. The van der Waals surface area contributed by atoms with Gasteiger partial charge in [-0.1, -0.05) is 0 Å². The molecule has 9 rings (SSSR count). The largest absolute Gasteiger partial charge is 0.262 e. The molecule has 3 heterocycles. The third kappa shape index (κ3) is 10.8. The van der Waals surface area contributed by atoms with E-state index >= 15 is 26.3 Å². The molecule has 0 aliphatic heterocycles. The molecule has 0 radical (unpaired) electrons. The summed E-state index contributed by atoms with van der Waals surface area (Å²) in [4.78, 5) is 29.5. The number of halogens is 16. The van der Waals surface area contributed by atoms with Crippen molar-refractivity contribution in [1.29, 1.82) is 73.7 Å². The third-order valence-corrected chi connectivity index (χ3v) is 12.8. The molecule has 22 nitrogen and oxygen atoms in total. The summed E-state index contributed by atoms with van der Waals surface area (Å²) in [6.45, 7) is 14.1. The van der Waals surface area contributed by atoms with Crippen molar-refractivity contribution in [2.45, 2.75) is 0 Å². The summed E-state index contributed by atoms with van der Waals surface area (Å²) in [5.41, 5.74) is -25.6. The van der Waals surface area contributed by atoms with Crippen LogP contribution in [-0.2, 0) is 0 Å². The molecule has 0 amide bonds. The molecule has 0 N–H and O–H groups in total. The van der Waals surface area contributed by atoms with Gasteiger partial charge in [0.2, 0.25) is 5.70 Å². The number of allylic oxidation sites excluding steroid dienone is 5. The van der Waals surface area contributed by atoms with E-state index in [0.717, 1.165) is 48.6 Å². The zero-order valence-electron chi connectivity index (χ0n) is 45.9. The SMILES string of the molecule is N#CC(C#N)=c1c(F)c(F)c(=C(C#N)C#N)c(F)c1F.N#Cc1nc2c3nc(C#N)c(C#N)nc3c3nc(C#N)c(C#N)nc3c2nc1C#N.[2HH].[C-]#[N+]C(=C1C(=C(C#N)c2c(F)c(F)c(C#N)c(F)c2F)C1=C(C#N)c1c(F)c(F)c([N+]#[C-])c(F)c1F)c1c(F)c(F)c(C#N)c(F)c1F.[HH]. The number of fused-ring (bicyclic) bond motifs is 6. The standard InChI is InChI=1S/C30F12N6.C18N12.C12F4N4.2H2/c1-47-29(16-25(39)19(33)10(6-46)20(34)26(16)40)15-11(7(3-43)13-21(35)17(31)9(5-45)18(32)22(13)36)12(15)8(4-44)14-23(37)27(41)30(48-2)28(42)24(14)38;19-1-7-8(2-20)26-14-13(25-7)15-17(29-10(4-22)9(3-21)27-15)18-16(14)28-11(5-23)12(6-24)30-18;13-9-7(5(1-17)2-18)10(14)12(16)8(11(9)15)6(3-19)4-20;;/h;;;2*1H/i;;;1+1;. The fourth-order valence-electron chi connectivity index (χ4n) is 8.57. The van der Waals surface area contributed by atoms with Gasteiger partial charge in [-0.25, -0.2) is 110 Å². The van der Waals surface area contributed by atoms with Crippen molar-refractivity contribution in [2.75, 3.05) is 0 Å². The molecule has 3 aromatic heterocycles. The topological polar surface area (TPSA) is 419 Å². The summed E-state index contributed by atoms with van der Waals surface area (Å²) in [6, 6.07) is 18.3. The fourth-order valence-corrected chi connectivity index (χ4v) is 8.57. The van der Waals surface area contributed by atoms with E-state index in [1.165, 1.54) is 0 Å². The lowest BCUT2D eigenvalue weighted by Crippen LogP contribution is -2.31. The van der Waals surface area contributed by atoms with Crippen molar-refractivity contribution in [3.8, 4) is 85.0 Å². The van der Waals surface area contributed by atoms with Crippen molar-refractivity contribution in [1.82, 2.24) is 29.9 Å². The molecule has 1 saturated carbocycles. The lowest BCUT2D eigenvalue weighted by molar-refractivity contribution is 0.434. The van der Waals surface area contributed by atoms with Crippen molar-refractivity contribution in [3.05, 3.63) is 205 Å². The maximum Gasteiger partial charge on any atom is 0.262 e. The summed E-state index contributed by atoms with van der Waals surface area (Å²) in [6.07, 6.45) is 0. The lowest BCUT2D eigenvalue weighted by atomic mass is 9.99. The minimum atomic E-state index is -2.52. The molecule has 1 aliphatic rings. The van der Waals surface area contributed by atoms with Crippen LogP contribution in [0.2, 0.25) is 0 Å². The number of benzene rings is 5. The highest BCUT2D eigenvalue weighted by atomic mass is 19.2. The van der Waals surface area contributed by atoms with Crippen molar-refractivity contribution in [2.24, 2.45) is 0 Å². The van der Waals surface area contributed by atoms with E-state index in [1.54, 1.807) is 36.4 Å². The van der Waals surface area contributed by atoms with Gasteiger partial charge in [-0.15, -0.1) is 0 Å². The molecule has 1 fully saturated rings. The molecule has 98 heavy (non-hydrogen) atoms. The number of hydrogen-bond acceptors (Lipinski definition) is 20. The first-order chi connectivity index (χ1) is 46.6. The summed E-state index contributed by atoms with van der Waals surface area (Å²) in [5, 5.41) is 124. The van der Waals surface area contributed by atoms with Crippen LogP contribution in [0.3, 0.4) is 0 Å². The van der Waals surface area contributed by atoms with Crippen molar-refractivity contribution < 1.29 is 73.1 Å². The van der Waals surface area contributed by atoms with E-state index in [4.69, 9.17) is 44.7 Å². The van der Waals surface area contributed by atoms with Crippen LogP contribution < -0.4 is 10.4 Å². The Kier molecular flexibility index (Phi) is 19.2. The monoisotopic (exact) mass is 1340 g/mol. The van der Waals surface area contributed by atoms with Gasteiger partial charge < -0.3 is 0 Å². The first-order valence-corrected chi connectivity index (χ1v) is 24.2. The number of nitriles is 14. The van der Waals surface area contributed by atoms with Gasteiger partial charge in [0.25, 0.3) is 5.69 Å². The van der Waals surface area contributed by atoms with Crippen LogP contribution in [0.4, 0.5) is 75.9 Å². The predicted octanol–water partition coefficient (Wildman–Crippen LogP) is 10.1. The second-order valence-corrected chi connectivity index (χ2v) is 17.6. The molecule has 0 saturated heterocycles. The molecule has 1 aliphatic carbocycles. The van der Waals surface area contributed by atoms with Gasteiger partial charge >= 0.3 is 0 Å². The highest BCUT2D eigenvalue weighted by molar-refractivity contribution is 6.18. The Morgan fingerprint density at radius 3 is 0.724 bits per heavy atom. The highest BCUT2D eigenvalue weighted by Gasteiger charge is 2.46. The van der Waals surface area contributed by atoms with E-state index in [9.17, 15) is 86.0 Å². The van der Waals surface area contributed by atoms with Gasteiger partial charge in [-0.2, -0.15) is 73.7 Å². The summed E-state index contributed by atoms with van der Waals surface area (Å²) in [7, 11) is 0. The van der Waals surface area contributed by atoms with Crippen LogP contribution in [0.1, 0.15) is 64.8 Å². The van der Waals surface area contributed by atoms with Crippen LogP contribution >= 0.6 is 0 Å². The molecule has 0 bridgehead atoms. The van der Waals surface area contributed by atoms with Crippen LogP contribution in [0.5, 0.6) is 0 Å². The fraction of sp³-hybridized carbons (Fsp3) is 0. The van der Waals surface area contributed by atoms with E-state index in [2.05, 4.69) is 39.6 Å². The van der Waals surface area contributed by atoms with Gasteiger partial charge in [-0.05, 0) is 16.7 Å². The molecule has 0 unspecified atom stereocenters. The van der Waals surface area contributed by atoms with Gasteiger partial charge in [0.1, 0.15) is 140 Å². The smallest absolute Gasteiger partial charge is 0.237 e. The first kappa shape index (κ1) is 69.3. The Hall–Kier alpha value is -16.2. The Morgan fingerprint density at radius 1 is 0.296 bits per heavy atom. The number of nitrogens with zero attached hydrogens (tertiary/aromatic N) is 22. The third-order valence-electron chi connectivity index (χ3n) is 12.8. The van der Waals surface area contributed by atoms with Crippen LogP contribution in [-0.4, -0.2) is 29.9 Å². The van der Waals surface area contributed by atoms with Crippen LogP contribution in [0, 0.1) is 265 Å². The average Bonchev–Trinajstić information content (AvgIpc) is 1.74. The number of aromatic nitrogens is 6. The minimum Gasteiger partial charge on any atom is -0.237 e. The van der Waals surface area contributed by atoms with E-state index < -0.39 is 182 Å². The molecule has 0 spiro atoms. The number of rotatable bonds is 3. The number of hydrogen-bond donors (Lipinski definition) is 0. The molecular weight excluding hydrogens is 1330 g/mol. The first-order valence-electron chi connectivity index (χ1n) is 24.2. The van der Waals surface area contributed by atoms with Crippen LogP contribution in [0.15, 0.2) is 16.7 Å². The molecule has 8 aromatic rings. The average molecular weight is 1340 g/mol. The van der Waals surface area contributed by atoms with E-state index in [-0.39, 0.29) is 70.1 Å². The molecule has 38 heteroatoms. The van der Waals surface area contributed by atoms with Gasteiger partial charge in [0.15, 0.2) is 127 Å². The second kappa shape index (κ2) is 27.1. The van der Waals surface area contributed by atoms with E-state index in [0.29, 0.717) is 0 Å². The highest BCUT2D eigenvalue weighted by Crippen LogP contribution is 2.58. The Labute approximate surface area is 532 Å². The van der Waals surface area contributed by atoms with Gasteiger partial charge in [0.05, 0.1) is 51.4 Å². The maximum atomic E-state index is 15.0. The summed E-state index contributed by atoms with van der Waals surface area (Å²) >= 11 is 0. The predicted molar refractivity (Wildman–Crippen MR) is 286 cm³/mol. The zero-order chi connectivity index (χ0) is 73.0. The van der Waals surface area contributed by atoms with Crippen LogP contribution in [0.25, 0.3) is 70.8 Å². The minimum absolute atomic E-state index is 0. The van der Waals surface area contributed by atoms with Gasteiger partial charge in [0, 0.05) is 2.85 Å². The molecule has 466 valence electrons. The normalized spacial score (nSPS) is 12.1. The molecular formula is C60H4F16N22. The Balaban J connectivity index is 0.000000295. The summed E-state index contributed by atoms with van der Waals surface area (Å²) < 4.78 is 232.